The van der Waals surface area contributed by atoms with E-state index in [9.17, 15) is 30.3 Å². The Kier molecular flexibility index (Phi) is 20.6. The number of methoxy groups -OCH3 is 1. The maximum absolute atomic E-state index is 13.6. The van der Waals surface area contributed by atoms with Gasteiger partial charge in [0.1, 0.15) is 6.10 Å². The Balaban J connectivity index is 1.93. The monoisotopic (exact) mass is 779 g/mol. The van der Waals surface area contributed by atoms with Crippen molar-refractivity contribution in [3.05, 3.63) is 36.5 Å². The lowest BCUT2D eigenvalue weighted by atomic mass is 9.78. The summed E-state index contributed by atoms with van der Waals surface area (Å²) >= 11 is 0. The fourth-order valence-corrected chi connectivity index (χ4v) is 8.75. The van der Waals surface area contributed by atoms with E-state index in [0.717, 1.165) is 38.5 Å². The van der Waals surface area contributed by atoms with Gasteiger partial charge in [-0.15, -0.1) is 0 Å². The van der Waals surface area contributed by atoms with Gasteiger partial charge in [0.25, 0.3) is 0 Å². The van der Waals surface area contributed by atoms with E-state index in [1.54, 1.807) is 13.0 Å². The van der Waals surface area contributed by atoms with Crippen LogP contribution in [-0.2, 0) is 23.7 Å². The first-order chi connectivity index (χ1) is 26.2. The molecular weight excluding hydrogens is 700 g/mol. The second-order valence-corrected chi connectivity index (χ2v) is 17.3. The normalized spacial score (nSPS) is 43.3. The molecule has 3 aliphatic rings. The number of ether oxygens (including phenoxy) is 4. The smallest absolute Gasteiger partial charge is 0.330 e. The van der Waals surface area contributed by atoms with Crippen LogP contribution in [-0.4, -0.2) is 99.3 Å². The maximum Gasteiger partial charge on any atom is 0.330 e. The first-order valence-electron chi connectivity index (χ1n) is 21.7. The van der Waals surface area contributed by atoms with Crippen molar-refractivity contribution < 1.29 is 49.3 Å². The van der Waals surface area contributed by atoms with Crippen LogP contribution < -0.4 is 0 Å². The summed E-state index contributed by atoms with van der Waals surface area (Å²) in [5.74, 6) is -2.22. The molecule has 0 amide bonds. The van der Waals surface area contributed by atoms with Gasteiger partial charge in [0, 0.05) is 49.7 Å². The highest BCUT2D eigenvalue weighted by molar-refractivity contribution is 5.82. The lowest BCUT2D eigenvalue weighted by Gasteiger charge is -2.52. The molecule has 2 bridgehead atoms. The van der Waals surface area contributed by atoms with E-state index in [-0.39, 0.29) is 42.8 Å². The van der Waals surface area contributed by atoms with Gasteiger partial charge in [0.05, 0.1) is 48.8 Å². The fourth-order valence-electron chi connectivity index (χ4n) is 8.75. The average molecular weight is 779 g/mol. The van der Waals surface area contributed by atoms with Crippen LogP contribution in [0.3, 0.4) is 0 Å². The SMILES string of the molecule is CCC[C@H]1[C@@H]2C[C@@]3(CC[C@H](C)[C@H](C[C@H](O)CC)O3)O[C@H]1CC[C@@H](CC)/C=C\C=C/CC[C@@H](O)[C@@H](C)[C@@H](O)C[C@@H](OC)C[C@@H](O)[C@H](C)[C@H](O)[C@@H](C)/C=C\C(=O)O2. The Hall–Kier alpha value is -1.63. The van der Waals surface area contributed by atoms with Gasteiger partial charge in [-0.3, -0.25) is 0 Å². The summed E-state index contributed by atoms with van der Waals surface area (Å²) in [5.41, 5.74) is 0. The van der Waals surface area contributed by atoms with Crippen molar-refractivity contribution in [1.29, 1.82) is 0 Å². The van der Waals surface area contributed by atoms with Crippen LogP contribution in [0.5, 0.6) is 0 Å². The van der Waals surface area contributed by atoms with Crippen LogP contribution in [0.15, 0.2) is 36.5 Å². The van der Waals surface area contributed by atoms with Gasteiger partial charge in [-0.05, 0) is 82.5 Å². The van der Waals surface area contributed by atoms with Gasteiger partial charge >= 0.3 is 5.97 Å². The highest BCUT2D eigenvalue weighted by Crippen LogP contribution is 2.47. The standard InChI is InChI=1S/C45H78O10/c1-9-16-36-40-21-20-33(10-2)17-14-12-13-15-18-37(47)31(6)38(48)26-35(52-8)27-39(49)32(7)44(51)30(5)19-22-43(50)53-42(36)28-45(54-40)24-23-29(4)41(55-45)25-34(46)11-3/h12-14,17,19,22,29-42,44,46-49,51H,9-11,15-16,18,20-21,23-28H2,1-8H3/b13-12-,17-14-,22-19-/t29-,30-,31+,32-,33-,34+,35+,36+,37+,38-,39+,40-,41-,42-,44+,45-/m0/s1. The quantitative estimate of drug-likeness (QED) is 0.168. The molecular formula is C45H78O10. The van der Waals surface area contributed by atoms with E-state index in [1.807, 2.05) is 32.9 Å². The van der Waals surface area contributed by atoms with Crippen LogP contribution in [0.25, 0.3) is 0 Å². The Morgan fingerprint density at radius 2 is 1.58 bits per heavy atom. The number of hydrogen-bond acceptors (Lipinski definition) is 10. The van der Waals surface area contributed by atoms with Crippen molar-refractivity contribution in [2.45, 2.75) is 199 Å². The second-order valence-electron chi connectivity index (χ2n) is 17.3. The third-order valence-corrected chi connectivity index (χ3v) is 13.1. The van der Waals surface area contributed by atoms with Crippen molar-refractivity contribution in [3.63, 3.8) is 0 Å². The van der Waals surface area contributed by atoms with Gasteiger partial charge in [-0.2, -0.15) is 0 Å². The molecule has 2 fully saturated rings. The number of allylic oxidation sites excluding steroid dienone is 4. The largest absolute Gasteiger partial charge is 0.459 e. The molecule has 1 spiro atoms. The van der Waals surface area contributed by atoms with E-state index in [1.165, 1.54) is 13.2 Å². The van der Waals surface area contributed by atoms with E-state index in [4.69, 9.17) is 18.9 Å². The number of rotatable bonds is 7. The molecule has 5 N–H and O–H groups in total. The van der Waals surface area contributed by atoms with Crippen molar-refractivity contribution in [2.75, 3.05) is 7.11 Å². The molecule has 0 aromatic heterocycles. The van der Waals surface area contributed by atoms with Crippen LogP contribution >= 0.6 is 0 Å². The Labute approximate surface area is 332 Å². The lowest BCUT2D eigenvalue weighted by molar-refractivity contribution is -0.349. The second kappa shape index (κ2) is 23.7. The topological polar surface area (TPSA) is 155 Å². The molecule has 10 nitrogen and oxygen atoms in total. The molecule has 0 unspecified atom stereocenters. The van der Waals surface area contributed by atoms with Crippen LogP contribution in [0.1, 0.15) is 138 Å². The molecule has 0 aromatic carbocycles. The van der Waals surface area contributed by atoms with Gasteiger partial charge in [0.2, 0.25) is 0 Å². The number of esters is 1. The summed E-state index contributed by atoms with van der Waals surface area (Å²) in [6.07, 6.45) is 15.5. The minimum atomic E-state index is -0.953. The molecule has 318 valence electrons. The zero-order chi connectivity index (χ0) is 40.7. The highest BCUT2D eigenvalue weighted by Gasteiger charge is 2.52. The number of carbonyl (C=O) groups excluding carboxylic acids is 1. The zero-order valence-electron chi connectivity index (χ0n) is 35.3. The minimum Gasteiger partial charge on any atom is -0.459 e. The van der Waals surface area contributed by atoms with Crippen molar-refractivity contribution in [3.8, 4) is 0 Å². The van der Waals surface area contributed by atoms with Gasteiger partial charge in [-0.25, -0.2) is 4.79 Å². The van der Waals surface area contributed by atoms with Crippen molar-refractivity contribution in [2.24, 2.45) is 35.5 Å². The number of hydrogen-bond donors (Lipinski definition) is 5. The summed E-state index contributed by atoms with van der Waals surface area (Å²) in [6.45, 7) is 13.9. The summed E-state index contributed by atoms with van der Waals surface area (Å²) in [4.78, 5) is 13.6. The average Bonchev–Trinajstić information content (AvgIpc) is 3.17. The summed E-state index contributed by atoms with van der Waals surface area (Å²) in [7, 11) is 1.54. The minimum absolute atomic E-state index is 0.0187. The van der Waals surface area contributed by atoms with E-state index in [2.05, 4.69) is 32.9 Å². The zero-order valence-corrected chi connectivity index (χ0v) is 35.3. The molecule has 2 saturated heterocycles. The first kappa shape index (κ1) is 47.7. The van der Waals surface area contributed by atoms with Crippen LogP contribution in [0.2, 0.25) is 0 Å². The number of carbonyl (C=O) groups is 1. The number of aliphatic hydroxyl groups excluding tert-OH is 5. The third-order valence-electron chi connectivity index (χ3n) is 13.1. The molecule has 10 heteroatoms. The summed E-state index contributed by atoms with van der Waals surface area (Å²) in [5, 5.41) is 54.8. The predicted octanol–water partition coefficient (Wildman–Crippen LogP) is 7.19. The fraction of sp³-hybridized carbons (Fsp3) is 0.844. The lowest BCUT2D eigenvalue weighted by Crippen LogP contribution is -2.58. The van der Waals surface area contributed by atoms with Crippen LogP contribution in [0, 0.1) is 35.5 Å². The Bertz CT molecular complexity index is 1190. The number of fused-ring (bicyclic) bond motifs is 2. The molecule has 0 aromatic rings. The molecule has 0 saturated carbocycles. The van der Waals surface area contributed by atoms with Crippen LogP contribution in [0.4, 0.5) is 0 Å². The molecule has 55 heavy (non-hydrogen) atoms. The molecule has 3 aliphatic heterocycles. The Morgan fingerprint density at radius 3 is 2.24 bits per heavy atom. The van der Waals surface area contributed by atoms with E-state index in [0.29, 0.717) is 44.4 Å². The molecule has 3 rings (SSSR count). The maximum atomic E-state index is 13.6. The summed E-state index contributed by atoms with van der Waals surface area (Å²) < 4.78 is 25.8. The van der Waals surface area contributed by atoms with E-state index < -0.39 is 66.3 Å². The third kappa shape index (κ3) is 14.6. The molecule has 3 heterocycles. The van der Waals surface area contributed by atoms with Gasteiger partial charge in [-0.1, -0.05) is 85.3 Å². The van der Waals surface area contributed by atoms with Crippen molar-refractivity contribution in [1.82, 2.24) is 0 Å². The summed E-state index contributed by atoms with van der Waals surface area (Å²) in [6, 6.07) is 0. The molecule has 0 radical (unpaired) electrons. The molecule has 16 atom stereocenters. The van der Waals surface area contributed by atoms with Crippen molar-refractivity contribution >= 4 is 5.97 Å². The predicted molar refractivity (Wildman–Crippen MR) is 216 cm³/mol. The van der Waals surface area contributed by atoms with E-state index >= 15 is 0 Å². The first-order valence-corrected chi connectivity index (χ1v) is 21.7. The highest BCUT2D eigenvalue weighted by atomic mass is 16.7. The number of aliphatic hydroxyl groups is 5. The Morgan fingerprint density at radius 1 is 0.873 bits per heavy atom. The van der Waals surface area contributed by atoms with Gasteiger partial charge in [0.15, 0.2) is 5.79 Å². The molecule has 0 aliphatic carbocycles. The van der Waals surface area contributed by atoms with Gasteiger partial charge < -0.3 is 44.5 Å².